The standard InChI is InChI=1S/C12H13N3O4/c1-13-7-12-14-6-11(19-12)8-3-4-9(15(16)17)10(5-8)18-2/h3-6,13H,7H2,1-2H3. The fourth-order valence-corrected chi connectivity index (χ4v) is 1.66. The van der Waals surface area contributed by atoms with E-state index in [9.17, 15) is 10.1 Å². The van der Waals surface area contributed by atoms with E-state index in [0.717, 1.165) is 0 Å². The van der Waals surface area contributed by atoms with E-state index < -0.39 is 4.92 Å². The molecule has 0 saturated heterocycles. The molecule has 0 aliphatic rings. The van der Waals surface area contributed by atoms with E-state index in [-0.39, 0.29) is 11.4 Å². The molecule has 0 saturated carbocycles. The van der Waals surface area contributed by atoms with Gasteiger partial charge in [0.25, 0.3) is 0 Å². The number of ether oxygens (including phenoxy) is 1. The van der Waals surface area contributed by atoms with E-state index >= 15 is 0 Å². The van der Waals surface area contributed by atoms with Gasteiger partial charge < -0.3 is 14.5 Å². The van der Waals surface area contributed by atoms with Crippen molar-refractivity contribution in [2.45, 2.75) is 6.54 Å². The summed E-state index contributed by atoms with van der Waals surface area (Å²) >= 11 is 0. The summed E-state index contributed by atoms with van der Waals surface area (Å²) < 4.78 is 10.5. The molecule has 19 heavy (non-hydrogen) atoms. The topological polar surface area (TPSA) is 90.4 Å². The Morgan fingerprint density at radius 2 is 2.32 bits per heavy atom. The number of hydrogen-bond acceptors (Lipinski definition) is 6. The van der Waals surface area contributed by atoms with Gasteiger partial charge in [-0.15, -0.1) is 0 Å². The molecular formula is C12H13N3O4. The summed E-state index contributed by atoms with van der Waals surface area (Å²) in [5.41, 5.74) is 0.596. The Bertz CT molecular complexity index is 594. The second kappa shape index (κ2) is 5.49. The van der Waals surface area contributed by atoms with E-state index in [0.29, 0.717) is 23.8 Å². The number of hydrogen-bond donors (Lipinski definition) is 1. The predicted octanol–water partition coefficient (Wildman–Crippen LogP) is 1.98. The maximum atomic E-state index is 10.8. The lowest BCUT2D eigenvalue weighted by atomic mass is 10.1. The molecule has 1 heterocycles. The highest BCUT2D eigenvalue weighted by Gasteiger charge is 2.16. The van der Waals surface area contributed by atoms with Crippen molar-refractivity contribution in [3.63, 3.8) is 0 Å². The molecule has 0 bridgehead atoms. The Balaban J connectivity index is 2.36. The number of aromatic nitrogens is 1. The van der Waals surface area contributed by atoms with Crippen LogP contribution in [0.4, 0.5) is 5.69 Å². The Morgan fingerprint density at radius 1 is 1.53 bits per heavy atom. The highest BCUT2D eigenvalue weighted by molar-refractivity contribution is 5.63. The van der Waals surface area contributed by atoms with Crippen LogP contribution in [-0.4, -0.2) is 24.1 Å². The Kier molecular flexibility index (Phi) is 3.76. The molecule has 0 fully saturated rings. The second-order valence-electron chi connectivity index (χ2n) is 3.79. The molecule has 0 amide bonds. The molecule has 2 rings (SSSR count). The van der Waals surface area contributed by atoms with Gasteiger partial charge in [-0.25, -0.2) is 4.98 Å². The molecule has 100 valence electrons. The van der Waals surface area contributed by atoms with Crippen molar-refractivity contribution in [1.82, 2.24) is 10.3 Å². The first-order valence-electron chi connectivity index (χ1n) is 5.57. The third-order valence-electron chi connectivity index (χ3n) is 2.54. The summed E-state index contributed by atoms with van der Waals surface area (Å²) in [6, 6.07) is 4.54. The molecule has 0 atom stereocenters. The minimum Gasteiger partial charge on any atom is -0.490 e. The highest BCUT2D eigenvalue weighted by Crippen LogP contribution is 2.32. The van der Waals surface area contributed by atoms with Gasteiger partial charge >= 0.3 is 5.69 Å². The number of nitrogens with zero attached hydrogens (tertiary/aromatic N) is 2. The average Bonchev–Trinajstić information content (AvgIpc) is 2.87. The van der Waals surface area contributed by atoms with Crippen molar-refractivity contribution < 1.29 is 14.1 Å². The fraction of sp³-hybridized carbons (Fsp3) is 0.250. The van der Waals surface area contributed by atoms with Crippen molar-refractivity contribution in [1.29, 1.82) is 0 Å². The maximum Gasteiger partial charge on any atom is 0.310 e. The van der Waals surface area contributed by atoms with Crippen LogP contribution >= 0.6 is 0 Å². The Labute approximate surface area is 109 Å². The van der Waals surface area contributed by atoms with Crippen LogP contribution in [0.15, 0.2) is 28.8 Å². The number of nitro groups is 1. The molecule has 2 aromatic rings. The summed E-state index contributed by atoms with van der Waals surface area (Å²) in [7, 11) is 3.18. The van der Waals surface area contributed by atoms with Crippen LogP contribution in [0.25, 0.3) is 11.3 Å². The number of benzene rings is 1. The number of methoxy groups -OCH3 is 1. The van der Waals surface area contributed by atoms with Crippen LogP contribution in [0.5, 0.6) is 5.75 Å². The summed E-state index contributed by atoms with van der Waals surface area (Å²) in [5.74, 6) is 1.28. The van der Waals surface area contributed by atoms with Crippen LogP contribution in [-0.2, 0) is 6.54 Å². The van der Waals surface area contributed by atoms with E-state index in [1.54, 1.807) is 25.4 Å². The minimum atomic E-state index is -0.491. The molecule has 0 aliphatic carbocycles. The van der Waals surface area contributed by atoms with Gasteiger partial charge in [-0.2, -0.15) is 0 Å². The van der Waals surface area contributed by atoms with Crippen LogP contribution in [0.2, 0.25) is 0 Å². The first kappa shape index (κ1) is 13.0. The predicted molar refractivity (Wildman–Crippen MR) is 67.9 cm³/mol. The molecular weight excluding hydrogens is 250 g/mol. The molecule has 1 aromatic carbocycles. The van der Waals surface area contributed by atoms with Crippen molar-refractivity contribution in [3.8, 4) is 17.1 Å². The van der Waals surface area contributed by atoms with Crippen molar-refractivity contribution in [2.24, 2.45) is 0 Å². The molecule has 0 unspecified atom stereocenters. The maximum absolute atomic E-state index is 10.8. The Hall–Kier alpha value is -2.41. The smallest absolute Gasteiger partial charge is 0.310 e. The fourth-order valence-electron chi connectivity index (χ4n) is 1.66. The summed E-state index contributed by atoms with van der Waals surface area (Å²) in [5, 5.41) is 13.7. The lowest BCUT2D eigenvalue weighted by Crippen LogP contribution is -2.04. The highest BCUT2D eigenvalue weighted by atomic mass is 16.6. The molecule has 1 N–H and O–H groups in total. The van der Waals surface area contributed by atoms with Gasteiger partial charge in [0.15, 0.2) is 11.5 Å². The van der Waals surface area contributed by atoms with E-state index in [2.05, 4.69) is 10.3 Å². The quantitative estimate of drug-likeness (QED) is 0.655. The number of nitro benzene ring substituents is 1. The normalized spacial score (nSPS) is 10.4. The van der Waals surface area contributed by atoms with Gasteiger partial charge in [-0.1, -0.05) is 0 Å². The zero-order valence-electron chi connectivity index (χ0n) is 10.5. The van der Waals surface area contributed by atoms with E-state index in [1.165, 1.54) is 13.2 Å². The summed E-state index contributed by atoms with van der Waals surface area (Å²) in [6.45, 7) is 0.518. The van der Waals surface area contributed by atoms with Crippen molar-refractivity contribution in [3.05, 3.63) is 40.4 Å². The van der Waals surface area contributed by atoms with Gasteiger partial charge in [0.05, 0.1) is 24.8 Å². The third kappa shape index (κ3) is 2.71. The first-order chi connectivity index (χ1) is 9.15. The second-order valence-corrected chi connectivity index (χ2v) is 3.79. The number of oxazole rings is 1. The van der Waals surface area contributed by atoms with Crippen molar-refractivity contribution in [2.75, 3.05) is 14.2 Å². The number of nitrogens with one attached hydrogen (secondary N) is 1. The lowest BCUT2D eigenvalue weighted by molar-refractivity contribution is -0.385. The monoisotopic (exact) mass is 263 g/mol. The van der Waals surface area contributed by atoms with Crippen LogP contribution in [0.1, 0.15) is 5.89 Å². The molecule has 1 aromatic heterocycles. The van der Waals surface area contributed by atoms with E-state index in [4.69, 9.17) is 9.15 Å². The molecule has 0 spiro atoms. The number of rotatable bonds is 5. The van der Waals surface area contributed by atoms with Crippen LogP contribution in [0, 0.1) is 10.1 Å². The molecule has 0 aliphatic heterocycles. The zero-order valence-corrected chi connectivity index (χ0v) is 10.5. The Morgan fingerprint density at radius 3 is 2.95 bits per heavy atom. The molecule has 7 nitrogen and oxygen atoms in total. The molecule has 0 radical (unpaired) electrons. The van der Waals surface area contributed by atoms with Gasteiger partial charge in [-0.3, -0.25) is 10.1 Å². The summed E-state index contributed by atoms with van der Waals surface area (Å²) in [4.78, 5) is 14.4. The van der Waals surface area contributed by atoms with Gasteiger partial charge in [0, 0.05) is 11.6 Å². The third-order valence-corrected chi connectivity index (χ3v) is 2.54. The van der Waals surface area contributed by atoms with Gasteiger partial charge in [-0.05, 0) is 19.2 Å². The zero-order chi connectivity index (χ0) is 13.8. The summed E-state index contributed by atoms with van der Waals surface area (Å²) in [6.07, 6.45) is 1.58. The molecule has 7 heteroatoms. The first-order valence-corrected chi connectivity index (χ1v) is 5.57. The van der Waals surface area contributed by atoms with Gasteiger partial charge in [0.2, 0.25) is 5.89 Å². The SMILES string of the molecule is CNCc1ncc(-c2ccc([N+](=O)[O-])c(OC)c2)o1. The van der Waals surface area contributed by atoms with Gasteiger partial charge in [0.1, 0.15) is 0 Å². The van der Waals surface area contributed by atoms with E-state index in [1.807, 2.05) is 0 Å². The minimum absolute atomic E-state index is 0.0822. The van der Waals surface area contributed by atoms with Crippen molar-refractivity contribution >= 4 is 5.69 Å². The van der Waals surface area contributed by atoms with Crippen LogP contribution in [0.3, 0.4) is 0 Å². The van der Waals surface area contributed by atoms with Crippen LogP contribution < -0.4 is 10.1 Å². The largest absolute Gasteiger partial charge is 0.490 e. The average molecular weight is 263 g/mol. The lowest BCUT2D eigenvalue weighted by Gasteiger charge is -2.03.